The van der Waals surface area contributed by atoms with Crippen LogP contribution in [0.3, 0.4) is 0 Å². The minimum absolute atomic E-state index is 0.143. The molecule has 1 aliphatic rings. The first-order valence-corrected chi connectivity index (χ1v) is 15.2. The van der Waals surface area contributed by atoms with Crippen LogP contribution in [0.1, 0.15) is 34.1 Å². The second-order valence-corrected chi connectivity index (χ2v) is 12.1. The molecule has 2 aromatic carbocycles. The van der Waals surface area contributed by atoms with Gasteiger partial charge in [-0.3, -0.25) is 14.5 Å². The number of aromatic nitrogens is 4. The monoisotopic (exact) mass is 631 g/mol. The summed E-state index contributed by atoms with van der Waals surface area (Å²) in [6, 6.07) is 14.1. The van der Waals surface area contributed by atoms with E-state index in [1.54, 1.807) is 43.3 Å². The number of imidazole rings is 1. The zero-order chi connectivity index (χ0) is 31.1. The zero-order valence-electron chi connectivity index (χ0n) is 24.1. The third kappa shape index (κ3) is 4.97. The van der Waals surface area contributed by atoms with Crippen LogP contribution in [0, 0.1) is 19.7 Å². The number of pyridine rings is 1. The summed E-state index contributed by atoms with van der Waals surface area (Å²) in [5.41, 5.74) is 3.09. The van der Waals surface area contributed by atoms with Gasteiger partial charge in [0.2, 0.25) is 5.13 Å². The molecule has 3 aromatic heterocycles. The average Bonchev–Trinajstić information content (AvgIpc) is 3.71. The van der Waals surface area contributed by atoms with Crippen molar-refractivity contribution in [1.82, 2.24) is 19.6 Å². The summed E-state index contributed by atoms with van der Waals surface area (Å²) < 4.78 is 27.4. The number of rotatable bonds is 8. The number of carbonyl (C=O) groups is 2. The molecule has 44 heavy (non-hydrogen) atoms. The highest BCUT2D eigenvalue weighted by molar-refractivity contribution is 8.00. The molecular formula is C31H26FN5O5S2. The van der Waals surface area contributed by atoms with E-state index in [2.05, 4.69) is 15.2 Å². The van der Waals surface area contributed by atoms with Gasteiger partial charge in [0.1, 0.15) is 17.2 Å². The van der Waals surface area contributed by atoms with Crippen molar-refractivity contribution >= 4 is 51.3 Å². The van der Waals surface area contributed by atoms with Gasteiger partial charge in [0.25, 0.3) is 5.78 Å². The Bertz CT molecular complexity index is 1970. The number of nitrogens with zero attached hydrogens (tertiary/aromatic N) is 5. The van der Waals surface area contributed by atoms with Crippen LogP contribution in [0.5, 0.6) is 11.5 Å². The number of methoxy groups -OCH3 is 2. The largest absolute Gasteiger partial charge is 0.505 e. The summed E-state index contributed by atoms with van der Waals surface area (Å²) in [6.07, 6.45) is 1.81. The summed E-state index contributed by atoms with van der Waals surface area (Å²) in [5, 5.41) is 20.3. The lowest BCUT2D eigenvalue weighted by molar-refractivity contribution is -0.132. The molecule has 10 nitrogen and oxygen atoms in total. The molecule has 13 heteroatoms. The number of ketones is 1. The lowest BCUT2D eigenvalue weighted by atomic mass is 9.96. The molecule has 1 aliphatic heterocycles. The topological polar surface area (TPSA) is 119 Å². The Morgan fingerprint density at radius 1 is 1.05 bits per heavy atom. The predicted molar refractivity (Wildman–Crippen MR) is 165 cm³/mol. The van der Waals surface area contributed by atoms with Crippen molar-refractivity contribution in [2.24, 2.45) is 0 Å². The van der Waals surface area contributed by atoms with Gasteiger partial charge in [0, 0.05) is 11.9 Å². The molecule has 0 saturated carbocycles. The molecule has 4 heterocycles. The van der Waals surface area contributed by atoms with Crippen molar-refractivity contribution in [2.45, 2.75) is 30.0 Å². The maximum atomic E-state index is 14.2. The van der Waals surface area contributed by atoms with Crippen molar-refractivity contribution in [2.75, 3.05) is 19.1 Å². The Balaban J connectivity index is 1.47. The van der Waals surface area contributed by atoms with E-state index in [4.69, 9.17) is 9.47 Å². The van der Waals surface area contributed by atoms with E-state index in [-0.39, 0.29) is 22.2 Å². The van der Waals surface area contributed by atoms with Crippen LogP contribution in [-0.2, 0) is 15.3 Å². The summed E-state index contributed by atoms with van der Waals surface area (Å²) in [4.78, 5) is 33.3. The fraction of sp³-hybridized carbons (Fsp3) is 0.194. The van der Waals surface area contributed by atoms with Gasteiger partial charge in [0.05, 0.1) is 31.5 Å². The molecule has 0 spiro atoms. The van der Waals surface area contributed by atoms with Crippen LogP contribution in [-0.4, -0.2) is 50.6 Å². The fourth-order valence-corrected chi connectivity index (χ4v) is 7.01. The third-order valence-corrected chi connectivity index (χ3v) is 9.49. The highest BCUT2D eigenvalue weighted by Crippen LogP contribution is 2.46. The van der Waals surface area contributed by atoms with E-state index >= 15 is 0 Å². The van der Waals surface area contributed by atoms with Crippen molar-refractivity contribution in [3.8, 4) is 11.5 Å². The summed E-state index contributed by atoms with van der Waals surface area (Å²) in [5.74, 6) is -1.41. The van der Waals surface area contributed by atoms with Gasteiger partial charge in [-0.2, -0.15) is 0 Å². The van der Waals surface area contributed by atoms with Gasteiger partial charge in [-0.05, 0) is 54.8 Å². The number of benzene rings is 2. The zero-order valence-corrected chi connectivity index (χ0v) is 25.7. The molecule has 1 amide bonds. The number of hydrogen-bond donors (Lipinski definition) is 1. The van der Waals surface area contributed by atoms with Crippen LogP contribution >= 0.6 is 23.1 Å². The number of amides is 1. The second-order valence-electron chi connectivity index (χ2n) is 9.94. The molecular weight excluding hydrogens is 606 g/mol. The van der Waals surface area contributed by atoms with Crippen LogP contribution in [0.15, 0.2) is 70.7 Å². The summed E-state index contributed by atoms with van der Waals surface area (Å²) >= 11 is 2.35. The highest BCUT2D eigenvalue weighted by atomic mass is 32.2. The van der Waals surface area contributed by atoms with E-state index < -0.39 is 23.5 Å². The normalized spacial score (nSPS) is 16.2. The molecule has 0 bridgehead atoms. The van der Waals surface area contributed by atoms with E-state index in [1.807, 2.05) is 29.7 Å². The molecule has 224 valence electrons. The Labute approximate surface area is 259 Å². The number of carbonyl (C=O) groups excluding carboxylic acids is 2. The number of thioether (sulfide) groups is 1. The quantitative estimate of drug-likeness (QED) is 0.0737. The van der Waals surface area contributed by atoms with Crippen molar-refractivity contribution < 1.29 is 28.6 Å². The third-order valence-electron chi connectivity index (χ3n) is 7.39. The van der Waals surface area contributed by atoms with Gasteiger partial charge < -0.3 is 19.0 Å². The lowest BCUT2D eigenvalue weighted by Crippen LogP contribution is -2.29. The maximum Gasteiger partial charge on any atom is 0.301 e. The molecule has 1 N–H and O–H groups in total. The van der Waals surface area contributed by atoms with Gasteiger partial charge >= 0.3 is 5.91 Å². The summed E-state index contributed by atoms with van der Waals surface area (Å²) in [6.45, 7) is 3.67. The van der Waals surface area contributed by atoms with E-state index in [0.29, 0.717) is 44.1 Å². The van der Waals surface area contributed by atoms with Gasteiger partial charge in [-0.25, -0.2) is 9.37 Å². The number of halogens is 1. The van der Waals surface area contributed by atoms with Crippen molar-refractivity contribution in [1.29, 1.82) is 0 Å². The fourth-order valence-electron chi connectivity index (χ4n) is 5.16. The summed E-state index contributed by atoms with van der Waals surface area (Å²) in [7, 11) is 2.98. The Morgan fingerprint density at radius 2 is 1.82 bits per heavy atom. The number of hydrogen-bond acceptors (Lipinski definition) is 10. The molecule has 1 saturated heterocycles. The number of aryl methyl sites for hydroxylation is 2. The van der Waals surface area contributed by atoms with Crippen LogP contribution in [0.4, 0.5) is 9.52 Å². The first kappa shape index (κ1) is 29.3. The number of Topliss-reactive ketones (excluding diaryl/α,β-unsaturated/α-hetero) is 1. The van der Waals surface area contributed by atoms with E-state index in [0.717, 1.165) is 16.9 Å². The van der Waals surface area contributed by atoms with Gasteiger partial charge in [-0.15, -0.1) is 10.2 Å². The standard InChI is InChI=1S/C31H26FN5O5S2/c1-16-8-7-13-36-17(2)24(33-28(16)36)26(38)23-25(18-11-12-21(41-3)22(14-18)42-4)37(29(40)27(23)39)30-34-35-31(44-30)43-15-19-9-5-6-10-20(19)32/h5-14,25,38H,15H2,1-4H3/b26-23+. The molecule has 1 unspecified atom stereocenters. The molecule has 1 fully saturated rings. The van der Waals surface area contributed by atoms with Crippen LogP contribution in [0.2, 0.25) is 0 Å². The SMILES string of the molecule is COc1ccc(C2/C(=C(\O)c3nc4c(C)cccn4c3C)C(=O)C(=O)N2c2nnc(SCc3ccccc3F)s2)cc1OC. The highest BCUT2D eigenvalue weighted by Gasteiger charge is 2.49. The number of fused-ring (bicyclic) bond motifs is 1. The van der Waals surface area contributed by atoms with Crippen LogP contribution < -0.4 is 14.4 Å². The minimum atomic E-state index is -1.09. The molecule has 0 radical (unpaired) electrons. The Kier molecular flexibility index (Phi) is 7.82. The average molecular weight is 632 g/mol. The first-order valence-electron chi connectivity index (χ1n) is 13.4. The number of aliphatic hydroxyl groups is 1. The molecule has 1 atom stereocenters. The first-order chi connectivity index (χ1) is 21.2. The maximum absolute atomic E-state index is 14.2. The van der Waals surface area contributed by atoms with E-state index in [9.17, 15) is 19.1 Å². The lowest BCUT2D eigenvalue weighted by Gasteiger charge is -2.23. The number of anilines is 1. The Morgan fingerprint density at radius 3 is 2.55 bits per heavy atom. The molecule has 5 aromatic rings. The van der Waals surface area contributed by atoms with Crippen molar-refractivity contribution in [3.63, 3.8) is 0 Å². The van der Waals surface area contributed by atoms with Gasteiger partial charge in [-0.1, -0.05) is 53.4 Å². The molecule has 0 aliphatic carbocycles. The molecule has 6 rings (SSSR count). The Hall–Kier alpha value is -4.75. The van der Waals surface area contributed by atoms with E-state index in [1.165, 1.54) is 36.9 Å². The number of aliphatic hydroxyl groups excluding tert-OH is 1. The smallest absolute Gasteiger partial charge is 0.301 e. The predicted octanol–water partition coefficient (Wildman–Crippen LogP) is 5.88. The second kappa shape index (κ2) is 11.7. The van der Waals surface area contributed by atoms with Crippen molar-refractivity contribution in [3.05, 3.63) is 100 Å². The van der Waals surface area contributed by atoms with Gasteiger partial charge in [0.15, 0.2) is 21.6 Å². The number of ether oxygens (including phenoxy) is 2. The van der Waals surface area contributed by atoms with Crippen LogP contribution in [0.25, 0.3) is 11.4 Å². The minimum Gasteiger partial charge on any atom is -0.505 e.